The van der Waals surface area contributed by atoms with Gasteiger partial charge < -0.3 is 15.2 Å². The van der Waals surface area contributed by atoms with E-state index < -0.39 is 25.0 Å². The summed E-state index contributed by atoms with van der Waals surface area (Å²) in [5.41, 5.74) is 0.451. The quantitative estimate of drug-likeness (QED) is 0.753. The Morgan fingerprint density at radius 2 is 2.05 bits per heavy atom. The Bertz CT molecular complexity index is 401. The van der Waals surface area contributed by atoms with Crippen LogP contribution in [0, 0.1) is 0 Å². The molecule has 1 aromatic rings. The van der Waals surface area contributed by atoms with Crippen molar-refractivity contribution in [3.63, 3.8) is 0 Å². The second-order valence-electron chi connectivity index (χ2n) is 3.99. The maximum Gasteiger partial charge on any atom is 0.319 e. The van der Waals surface area contributed by atoms with E-state index in [0.29, 0.717) is 11.3 Å². The number of hydrogen-bond donors (Lipinski definition) is 2. The highest BCUT2D eigenvalue weighted by Gasteiger charge is 2.40. The van der Waals surface area contributed by atoms with Crippen molar-refractivity contribution in [2.75, 3.05) is 20.2 Å². The first kappa shape index (κ1) is 15.7. The molecular weight excluding hydrogens is 266 g/mol. The van der Waals surface area contributed by atoms with Gasteiger partial charge in [0.25, 0.3) is 0 Å². The van der Waals surface area contributed by atoms with Gasteiger partial charge in [0.2, 0.25) is 0 Å². The number of hydrogen-bond acceptors (Lipinski definition) is 3. The first-order valence-corrected chi connectivity index (χ1v) is 5.55. The van der Waals surface area contributed by atoms with Gasteiger partial charge in [0, 0.05) is 6.54 Å². The molecule has 0 amide bonds. The van der Waals surface area contributed by atoms with Crippen LogP contribution in [0.15, 0.2) is 24.3 Å². The maximum absolute atomic E-state index is 12.6. The fourth-order valence-electron chi connectivity index (χ4n) is 1.42. The van der Waals surface area contributed by atoms with Crippen LogP contribution in [0.3, 0.4) is 0 Å². The minimum atomic E-state index is -4.10. The summed E-state index contributed by atoms with van der Waals surface area (Å²) in [6.07, 6.45) is -4.81. The van der Waals surface area contributed by atoms with Crippen LogP contribution >= 0.6 is 0 Å². The first-order chi connectivity index (χ1) is 8.86. The van der Waals surface area contributed by atoms with Gasteiger partial charge in [0.15, 0.2) is 0 Å². The van der Waals surface area contributed by atoms with Crippen LogP contribution in [0.1, 0.15) is 11.7 Å². The minimum absolute atomic E-state index is 0.254. The van der Waals surface area contributed by atoms with Crippen LogP contribution in [-0.4, -0.2) is 37.7 Å². The summed E-state index contributed by atoms with van der Waals surface area (Å²) in [6.45, 7) is -1.44. The molecule has 3 nitrogen and oxygen atoms in total. The SMILES string of the molecule is COc1cccc(C(O)CNCC(F)(F)C(F)F)c1. The molecule has 0 heterocycles. The lowest BCUT2D eigenvalue weighted by Gasteiger charge is -2.18. The van der Waals surface area contributed by atoms with E-state index in [-0.39, 0.29) is 6.54 Å². The van der Waals surface area contributed by atoms with Gasteiger partial charge >= 0.3 is 12.3 Å². The van der Waals surface area contributed by atoms with Crippen molar-refractivity contribution in [1.29, 1.82) is 0 Å². The Morgan fingerprint density at radius 3 is 2.63 bits per heavy atom. The van der Waals surface area contributed by atoms with Crippen LogP contribution in [0.25, 0.3) is 0 Å². The van der Waals surface area contributed by atoms with Crippen LogP contribution in [0.2, 0.25) is 0 Å². The lowest BCUT2D eigenvalue weighted by molar-refractivity contribution is -0.125. The van der Waals surface area contributed by atoms with Gasteiger partial charge in [-0.25, -0.2) is 8.78 Å². The number of ether oxygens (including phenoxy) is 1. The Hall–Kier alpha value is -1.34. The third-order valence-corrected chi connectivity index (χ3v) is 2.50. The average Bonchev–Trinajstić information content (AvgIpc) is 2.38. The van der Waals surface area contributed by atoms with E-state index in [4.69, 9.17) is 4.74 Å². The summed E-state index contributed by atoms with van der Waals surface area (Å²) >= 11 is 0. The fourth-order valence-corrected chi connectivity index (χ4v) is 1.42. The zero-order chi connectivity index (χ0) is 14.5. The van der Waals surface area contributed by atoms with Crippen LogP contribution in [0.5, 0.6) is 5.75 Å². The molecular formula is C12H15F4NO2. The van der Waals surface area contributed by atoms with Gasteiger partial charge in [-0.2, -0.15) is 8.78 Å². The summed E-state index contributed by atoms with van der Waals surface area (Å²) < 4.78 is 53.9. The predicted octanol–water partition coefficient (Wildman–Crippen LogP) is 2.22. The molecule has 0 fully saturated rings. The van der Waals surface area contributed by atoms with E-state index in [1.54, 1.807) is 18.2 Å². The van der Waals surface area contributed by atoms with E-state index >= 15 is 0 Å². The largest absolute Gasteiger partial charge is 0.497 e. The van der Waals surface area contributed by atoms with Crippen molar-refractivity contribution in [1.82, 2.24) is 5.32 Å². The highest BCUT2D eigenvalue weighted by Crippen LogP contribution is 2.22. The lowest BCUT2D eigenvalue weighted by atomic mass is 10.1. The molecule has 1 unspecified atom stereocenters. The first-order valence-electron chi connectivity index (χ1n) is 5.55. The Balaban J connectivity index is 2.49. The molecule has 2 N–H and O–H groups in total. The second-order valence-corrected chi connectivity index (χ2v) is 3.99. The van der Waals surface area contributed by atoms with Crippen molar-refractivity contribution >= 4 is 0 Å². The molecule has 0 aromatic heterocycles. The topological polar surface area (TPSA) is 41.5 Å². The Kier molecular flexibility index (Phi) is 5.56. The van der Waals surface area contributed by atoms with E-state index in [0.717, 1.165) is 0 Å². The number of rotatable bonds is 7. The number of alkyl halides is 4. The van der Waals surface area contributed by atoms with E-state index in [1.807, 2.05) is 0 Å². The van der Waals surface area contributed by atoms with Crippen molar-refractivity contribution in [3.8, 4) is 5.75 Å². The molecule has 0 aliphatic carbocycles. The molecule has 1 aromatic carbocycles. The molecule has 0 saturated heterocycles. The Labute approximate surface area is 108 Å². The number of methoxy groups -OCH3 is 1. The highest BCUT2D eigenvalue weighted by atomic mass is 19.3. The van der Waals surface area contributed by atoms with Gasteiger partial charge in [-0.15, -0.1) is 0 Å². The molecule has 108 valence electrons. The zero-order valence-corrected chi connectivity index (χ0v) is 10.2. The van der Waals surface area contributed by atoms with Gasteiger partial charge in [-0.05, 0) is 17.7 Å². The smallest absolute Gasteiger partial charge is 0.319 e. The molecule has 0 aliphatic rings. The second kappa shape index (κ2) is 6.72. The van der Waals surface area contributed by atoms with E-state index in [9.17, 15) is 22.7 Å². The molecule has 7 heteroatoms. The summed E-state index contributed by atoms with van der Waals surface area (Å²) in [4.78, 5) is 0. The summed E-state index contributed by atoms with van der Waals surface area (Å²) in [7, 11) is 1.45. The number of aliphatic hydroxyl groups excluding tert-OH is 1. The molecule has 0 spiro atoms. The molecule has 0 aliphatic heterocycles. The summed E-state index contributed by atoms with van der Waals surface area (Å²) in [5, 5.41) is 11.8. The van der Waals surface area contributed by atoms with Gasteiger partial charge in [0.05, 0.1) is 19.8 Å². The van der Waals surface area contributed by atoms with Gasteiger partial charge in [-0.1, -0.05) is 12.1 Å². The molecule has 0 bridgehead atoms. The number of halogens is 4. The predicted molar refractivity (Wildman–Crippen MR) is 61.8 cm³/mol. The monoisotopic (exact) mass is 281 g/mol. The third kappa shape index (κ3) is 4.68. The van der Waals surface area contributed by atoms with Gasteiger partial charge in [-0.3, -0.25) is 0 Å². The summed E-state index contributed by atoms with van der Waals surface area (Å²) in [6, 6.07) is 6.41. The summed E-state index contributed by atoms with van der Waals surface area (Å²) in [5.74, 6) is -3.59. The maximum atomic E-state index is 12.6. The number of aliphatic hydroxyl groups is 1. The Morgan fingerprint density at radius 1 is 1.37 bits per heavy atom. The molecule has 0 radical (unpaired) electrons. The molecule has 1 rings (SSSR count). The molecule has 0 saturated carbocycles. The van der Waals surface area contributed by atoms with Crippen LogP contribution in [-0.2, 0) is 0 Å². The third-order valence-electron chi connectivity index (χ3n) is 2.50. The normalized spacial score (nSPS) is 13.6. The van der Waals surface area contributed by atoms with Crippen molar-refractivity contribution < 1.29 is 27.4 Å². The highest BCUT2D eigenvalue weighted by molar-refractivity contribution is 5.29. The molecule has 1 atom stereocenters. The van der Waals surface area contributed by atoms with Crippen LogP contribution in [0.4, 0.5) is 17.6 Å². The number of benzene rings is 1. The standard InChI is InChI=1S/C12H15F4NO2/c1-19-9-4-2-3-8(5-9)10(18)6-17-7-12(15,16)11(13)14/h2-5,10-11,17-18H,6-7H2,1H3. The van der Waals surface area contributed by atoms with Crippen LogP contribution < -0.4 is 10.1 Å². The average molecular weight is 281 g/mol. The van der Waals surface area contributed by atoms with E-state index in [1.165, 1.54) is 13.2 Å². The zero-order valence-electron chi connectivity index (χ0n) is 10.2. The van der Waals surface area contributed by atoms with Crippen molar-refractivity contribution in [3.05, 3.63) is 29.8 Å². The lowest BCUT2D eigenvalue weighted by Crippen LogP contribution is -2.40. The molecule has 19 heavy (non-hydrogen) atoms. The fraction of sp³-hybridized carbons (Fsp3) is 0.500. The number of nitrogens with one attached hydrogen (secondary N) is 1. The van der Waals surface area contributed by atoms with E-state index in [2.05, 4.69) is 5.32 Å². The van der Waals surface area contributed by atoms with Crippen molar-refractivity contribution in [2.45, 2.75) is 18.5 Å². The van der Waals surface area contributed by atoms with Crippen molar-refractivity contribution in [2.24, 2.45) is 0 Å². The van der Waals surface area contributed by atoms with Gasteiger partial charge in [0.1, 0.15) is 5.75 Å². The minimum Gasteiger partial charge on any atom is -0.497 e.